The van der Waals surface area contributed by atoms with E-state index in [1.54, 1.807) is 17.5 Å². The van der Waals surface area contributed by atoms with E-state index in [2.05, 4.69) is 11.6 Å². The highest BCUT2D eigenvalue weighted by Crippen LogP contribution is 2.27. The van der Waals surface area contributed by atoms with Gasteiger partial charge in [0.2, 0.25) is 0 Å². The molecule has 0 N–H and O–H groups in total. The lowest BCUT2D eigenvalue weighted by atomic mass is 10.3. The van der Waals surface area contributed by atoms with Crippen LogP contribution in [0.4, 0.5) is 4.39 Å². The lowest BCUT2D eigenvalue weighted by Gasteiger charge is -1.94. The molecule has 0 radical (unpaired) electrons. The number of allylic oxidation sites excluding steroid dienone is 1. The van der Waals surface area contributed by atoms with Gasteiger partial charge in [0.15, 0.2) is 0 Å². The number of aromatic nitrogens is 1. The van der Waals surface area contributed by atoms with Gasteiger partial charge in [0, 0.05) is 17.5 Å². The molecular formula is C12H10FNS. The number of rotatable bonds is 3. The van der Waals surface area contributed by atoms with Crippen molar-refractivity contribution in [3.05, 3.63) is 53.8 Å². The molecule has 0 spiro atoms. The Hall–Kier alpha value is -1.48. The van der Waals surface area contributed by atoms with Gasteiger partial charge in [0.1, 0.15) is 0 Å². The summed E-state index contributed by atoms with van der Waals surface area (Å²) in [5, 5.41) is 0. The summed E-state index contributed by atoms with van der Waals surface area (Å²) >= 11 is 1.55. The van der Waals surface area contributed by atoms with E-state index < -0.39 is 0 Å². The number of hydrogen-bond donors (Lipinski definition) is 0. The van der Waals surface area contributed by atoms with Crippen molar-refractivity contribution in [1.82, 2.24) is 4.98 Å². The van der Waals surface area contributed by atoms with Crippen molar-refractivity contribution in [3.63, 3.8) is 0 Å². The Kier molecular flexibility index (Phi) is 2.92. The van der Waals surface area contributed by atoms with E-state index in [1.807, 2.05) is 30.3 Å². The van der Waals surface area contributed by atoms with Crippen LogP contribution in [0.3, 0.4) is 0 Å². The molecule has 0 amide bonds. The first-order chi connectivity index (χ1) is 7.25. The molecule has 0 aliphatic carbocycles. The van der Waals surface area contributed by atoms with Gasteiger partial charge in [-0.05, 0) is 24.3 Å². The maximum atomic E-state index is 12.6. The summed E-state index contributed by atoms with van der Waals surface area (Å²) in [6, 6.07) is 9.64. The van der Waals surface area contributed by atoms with E-state index in [0.29, 0.717) is 6.42 Å². The lowest BCUT2D eigenvalue weighted by Crippen LogP contribution is -1.77. The van der Waals surface area contributed by atoms with Crippen LogP contribution in [0.25, 0.3) is 10.6 Å². The standard InChI is InChI=1S/C12H10FNS/c1-9(13)8-10-5-6-12(15-10)11-4-2-3-7-14-11/h2-7H,1,8H2. The van der Waals surface area contributed by atoms with Crippen molar-refractivity contribution < 1.29 is 4.39 Å². The average molecular weight is 219 g/mol. The van der Waals surface area contributed by atoms with Crippen LogP contribution in [0.1, 0.15) is 4.88 Å². The van der Waals surface area contributed by atoms with Crippen LogP contribution >= 0.6 is 11.3 Å². The molecular weight excluding hydrogens is 209 g/mol. The van der Waals surface area contributed by atoms with Crippen LogP contribution in [-0.2, 0) is 6.42 Å². The molecule has 0 aromatic carbocycles. The molecule has 0 atom stereocenters. The molecule has 0 aliphatic rings. The topological polar surface area (TPSA) is 12.9 Å². The third kappa shape index (κ3) is 2.50. The molecule has 2 aromatic heterocycles. The Morgan fingerprint density at radius 2 is 2.20 bits per heavy atom. The number of thiophene rings is 1. The van der Waals surface area contributed by atoms with E-state index in [1.165, 1.54) is 0 Å². The van der Waals surface area contributed by atoms with Crippen LogP contribution in [0.2, 0.25) is 0 Å². The lowest BCUT2D eigenvalue weighted by molar-refractivity contribution is 0.619. The fourth-order valence-corrected chi connectivity index (χ4v) is 2.32. The third-order valence-corrected chi connectivity index (χ3v) is 3.05. The largest absolute Gasteiger partial charge is 0.255 e. The molecule has 76 valence electrons. The van der Waals surface area contributed by atoms with Crippen molar-refractivity contribution in [2.45, 2.75) is 6.42 Å². The van der Waals surface area contributed by atoms with Crippen molar-refractivity contribution in [3.8, 4) is 10.6 Å². The Balaban J connectivity index is 2.24. The fourth-order valence-electron chi connectivity index (χ4n) is 1.31. The third-order valence-electron chi connectivity index (χ3n) is 1.95. The smallest absolute Gasteiger partial charge is 0.0980 e. The Bertz CT molecular complexity index is 461. The second-order valence-corrected chi connectivity index (χ2v) is 4.34. The van der Waals surface area contributed by atoms with E-state index in [0.717, 1.165) is 15.4 Å². The van der Waals surface area contributed by atoms with Crippen molar-refractivity contribution >= 4 is 11.3 Å². The molecule has 0 saturated carbocycles. The Morgan fingerprint density at radius 3 is 2.87 bits per heavy atom. The average Bonchev–Trinajstić information content (AvgIpc) is 2.67. The predicted octanol–water partition coefficient (Wildman–Crippen LogP) is 3.84. The summed E-state index contributed by atoms with van der Waals surface area (Å²) in [4.78, 5) is 6.27. The van der Waals surface area contributed by atoms with Crippen molar-refractivity contribution in [2.75, 3.05) is 0 Å². The molecule has 2 heterocycles. The predicted molar refractivity (Wildman–Crippen MR) is 61.5 cm³/mol. The first kappa shape index (κ1) is 10.1. The number of halogens is 1. The maximum absolute atomic E-state index is 12.6. The van der Waals surface area contributed by atoms with Crippen LogP contribution in [0.15, 0.2) is 48.9 Å². The van der Waals surface area contributed by atoms with Gasteiger partial charge in [-0.1, -0.05) is 12.6 Å². The minimum atomic E-state index is -0.301. The van der Waals surface area contributed by atoms with Crippen LogP contribution < -0.4 is 0 Å². The van der Waals surface area contributed by atoms with Gasteiger partial charge in [-0.15, -0.1) is 11.3 Å². The number of nitrogens with zero attached hydrogens (tertiary/aromatic N) is 1. The minimum Gasteiger partial charge on any atom is -0.255 e. The minimum absolute atomic E-state index is 0.301. The fraction of sp³-hybridized carbons (Fsp3) is 0.0833. The number of hydrogen-bond acceptors (Lipinski definition) is 2. The van der Waals surface area contributed by atoms with Crippen LogP contribution in [-0.4, -0.2) is 4.98 Å². The Labute approximate surface area is 91.9 Å². The van der Waals surface area contributed by atoms with E-state index in [9.17, 15) is 4.39 Å². The summed E-state index contributed by atoms with van der Waals surface area (Å²) in [6.07, 6.45) is 2.06. The monoisotopic (exact) mass is 219 g/mol. The highest BCUT2D eigenvalue weighted by Gasteiger charge is 2.04. The zero-order chi connectivity index (χ0) is 10.7. The van der Waals surface area contributed by atoms with Gasteiger partial charge in [-0.2, -0.15) is 0 Å². The molecule has 0 aliphatic heterocycles. The van der Waals surface area contributed by atoms with Crippen LogP contribution in [0.5, 0.6) is 0 Å². The SMILES string of the molecule is C=C(F)Cc1ccc(-c2ccccn2)s1. The van der Waals surface area contributed by atoms with Crippen LogP contribution in [0, 0.1) is 0 Å². The van der Waals surface area contributed by atoms with E-state index in [4.69, 9.17) is 0 Å². The molecule has 0 unspecified atom stereocenters. The zero-order valence-electron chi connectivity index (χ0n) is 8.11. The Morgan fingerprint density at radius 1 is 1.33 bits per heavy atom. The van der Waals surface area contributed by atoms with Gasteiger partial charge in [-0.25, -0.2) is 4.39 Å². The van der Waals surface area contributed by atoms with Crippen molar-refractivity contribution in [1.29, 1.82) is 0 Å². The summed E-state index contributed by atoms with van der Waals surface area (Å²) in [5.74, 6) is -0.301. The highest BCUT2D eigenvalue weighted by atomic mass is 32.1. The highest BCUT2D eigenvalue weighted by molar-refractivity contribution is 7.15. The van der Waals surface area contributed by atoms with E-state index >= 15 is 0 Å². The van der Waals surface area contributed by atoms with Crippen molar-refractivity contribution in [2.24, 2.45) is 0 Å². The molecule has 15 heavy (non-hydrogen) atoms. The zero-order valence-corrected chi connectivity index (χ0v) is 8.93. The van der Waals surface area contributed by atoms with E-state index in [-0.39, 0.29) is 5.83 Å². The molecule has 0 bridgehead atoms. The molecule has 2 aromatic rings. The molecule has 1 nitrogen and oxygen atoms in total. The van der Waals surface area contributed by atoms with Gasteiger partial charge >= 0.3 is 0 Å². The second-order valence-electron chi connectivity index (χ2n) is 3.17. The summed E-state index contributed by atoms with van der Waals surface area (Å²) in [5.41, 5.74) is 0.929. The van der Waals surface area contributed by atoms with Gasteiger partial charge < -0.3 is 0 Å². The molecule has 2 rings (SSSR count). The first-order valence-corrected chi connectivity index (χ1v) is 5.41. The summed E-state index contributed by atoms with van der Waals surface area (Å²) in [6.45, 7) is 3.26. The van der Waals surface area contributed by atoms with Gasteiger partial charge in [0.05, 0.1) is 16.4 Å². The molecule has 0 saturated heterocycles. The molecule has 0 fully saturated rings. The van der Waals surface area contributed by atoms with Gasteiger partial charge in [0.25, 0.3) is 0 Å². The molecule has 3 heteroatoms. The summed E-state index contributed by atoms with van der Waals surface area (Å²) < 4.78 is 12.6. The maximum Gasteiger partial charge on any atom is 0.0980 e. The quantitative estimate of drug-likeness (QED) is 0.764. The number of pyridine rings is 1. The van der Waals surface area contributed by atoms with Gasteiger partial charge in [-0.3, -0.25) is 4.98 Å². The first-order valence-electron chi connectivity index (χ1n) is 4.59. The second kappa shape index (κ2) is 4.36. The summed E-state index contributed by atoms with van der Waals surface area (Å²) in [7, 11) is 0. The normalized spacial score (nSPS) is 10.2.